The maximum atomic E-state index is 12.5. The van der Waals surface area contributed by atoms with Crippen LogP contribution in [0.1, 0.15) is 11.6 Å². The van der Waals surface area contributed by atoms with Gasteiger partial charge in [0.25, 0.3) is 0 Å². The summed E-state index contributed by atoms with van der Waals surface area (Å²) in [5.41, 5.74) is 11.5. The largest absolute Gasteiger partial charge is 0.329 e. The predicted molar refractivity (Wildman–Crippen MR) is 40.2 cm³/mol. The Morgan fingerprint density at radius 3 is 2.91 bits per heavy atom. The molecule has 0 bridgehead atoms. The van der Waals surface area contributed by atoms with E-state index in [1.54, 1.807) is 6.07 Å². The Bertz CT molecular complexity index is 239. The van der Waals surface area contributed by atoms with Gasteiger partial charge in [-0.1, -0.05) is 0 Å². The third-order valence-corrected chi connectivity index (χ3v) is 1.43. The van der Waals surface area contributed by atoms with Gasteiger partial charge in [-0.15, -0.1) is 0 Å². The molecule has 60 valence electrons. The van der Waals surface area contributed by atoms with Crippen LogP contribution in [-0.2, 0) is 0 Å². The van der Waals surface area contributed by atoms with Crippen LogP contribution >= 0.6 is 0 Å². The number of pyridine rings is 1. The minimum Gasteiger partial charge on any atom is -0.329 e. The summed E-state index contributed by atoms with van der Waals surface area (Å²) in [5.74, 6) is -0.522. The van der Waals surface area contributed by atoms with Gasteiger partial charge in [0.05, 0.1) is 0 Å². The molecule has 11 heavy (non-hydrogen) atoms. The van der Waals surface area contributed by atoms with Crippen LogP contribution in [0, 0.1) is 5.95 Å². The molecule has 3 nitrogen and oxygen atoms in total. The number of rotatable bonds is 2. The smallest absolute Gasteiger partial charge is 0.213 e. The molecular formula is C7H10FN3. The van der Waals surface area contributed by atoms with Crippen molar-refractivity contribution in [1.29, 1.82) is 0 Å². The zero-order valence-electron chi connectivity index (χ0n) is 6.00. The normalized spacial score (nSPS) is 13.0. The first-order valence-corrected chi connectivity index (χ1v) is 3.31. The first-order valence-electron chi connectivity index (χ1n) is 3.31. The Morgan fingerprint density at radius 2 is 2.36 bits per heavy atom. The number of aromatic nitrogens is 1. The summed E-state index contributed by atoms with van der Waals surface area (Å²) >= 11 is 0. The lowest BCUT2D eigenvalue weighted by molar-refractivity contribution is 0.577. The van der Waals surface area contributed by atoms with Crippen molar-refractivity contribution in [2.24, 2.45) is 11.5 Å². The monoisotopic (exact) mass is 155 g/mol. The molecule has 1 atom stereocenters. The van der Waals surface area contributed by atoms with E-state index in [2.05, 4.69) is 4.98 Å². The number of nitrogens with two attached hydrogens (primary N) is 2. The minimum atomic E-state index is -0.522. The minimum absolute atomic E-state index is 0.299. The van der Waals surface area contributed by atoms with Crippen molar-refractivity contribution in [1.82, 2.24) is 4.98 Å². The molecule has 0 fully saturated rings. The molecule has 0 amide bonds. The standard InChI is InChI=1S/C7H10FN3/c8-7-3-5(1-2-11-7)6(10)4-9/h1-3,6H,4,9-10H2. The number of halogens is 1. The van der Waals surface area contributed by atoms with E-state index in [0.717, 1.165) is 0 Å². The fourth-order valence-corrected chi connectivity index (χ4v) is 0.784. The second kappa shape index (κ2) is 3.41. The summed E-state index contributed by atoms with van der Waals surface area (Å²) in [7, 11) is 0. The van der Waals surface area contributed by atoms with Gasteiger partial charge in [0.2, 0.25) is 5.95 Å². The van der Waals surface area contributed by atoms with Crippen molar-refractivity contribution >= 4 is 0 Å². The molecule has 4 heteroatoms. The van der Waals surface area contributed by atoms with Gasteiger partial charge in [0.1, 0.15) is 0 Å². The lowest BCUT2D eigenvalue weighted by Gasteiger charge is -2.07. The van der Waals surface area contributed by atoms with Crippen molar-refractivity contribution in [2.45, 2.75) is 6.04 Å². The van der Waals surface area contributed by atoms with Gasteiger partial charge in [-0.25, -0.2) is 4.98 Å². The second-order valence-electron chi connectivity index (χ2n) is 2.25. The predicted octanol–water partition coefficient (Wildman–Crippen LogP) is 0.179. The molecule has 0 aromatic carbocycles. The lowest BCUT2D eigenvalue weighted by atomic mass is 10.1. The van der Waals surface area contributed by atoms with Gasteiger partial charge in [-0.3, -0.25) is 0 Å². The van der Waals surface area contributed by atoms with Crippen molar-refractivity contribution in [2.75, 3.05) is 6.54 Å². The van der Waals surface area contributed by atoms with Crippen LogP contribution < -0.4 is 11.5 Å². The van der Waals surface area contributed by atoms with Gasteiger partial charge in [0, 0.05) is 18.8 Å². The molecule has 0 spiro atoms. The summed E-state index contributed by atoms with van der Waals surface area (Å²) in [6.07, 6.45) is 1.38. The highest BCUT2D eigenvalue weighted by molar-refractivity contribution is 5.15. The molecule has 1 unspecified atom stereocenters. The van der Waals surface area contributed by atoms with Crippen LogP contribution in [0.3, 0.4) is 0 Å². The fraction of sp³-hybridized carbons (Fsp3) is 0.286. The Morgan fingerprint density at radius 1 is 1.64 bits per heavy atom. The molecule has 0 radical (unpaired) electrons. The zero-order valence-corrected chi connectivity index (χ0v) is 6.00. The molecule has 4 N–H and O–H groups in total. The molecule has 0 aliphatic carbocycles. The van der Waals surface area contributed by atoms with Gasteiger partial charge in [0.15, 0.2) is 0 Å². The number of hydrogen-bond donors (Lipinski definition) is 2. The Hall–Kier alpha value is -1.00. The summed E-state index contributed by atoms with van der Waals surface area (Å²) < 4.78 is 12.5. The molecule has 1 heterocycles. The quantitative estimate of drug-likeness (QED) is 0.599. The van der Waals surface area contributed by atoms with Crippen LogP contribution in [0.5, 0.6) is 0 Å². The van der Waals surface area contributed by atoms with Crippen molar-refractivity contribution in [3.63, 3.8) is 0 Å². The fourth-order valence-electron chi connectivity index (χ4n) is 0.784. The highest BCUT2D eigenvalue weighted by Crippen LogP contribution is 2.07. The highest BCUT2D eigenvalue weighted by Gasteiger charge is 2.03. The average molecular weight is 155 g/mol. The van der Waals surface area contributed by atoms with E-state index in [1.165, 1.54) is 12.3 Å². The molecule has 0 aliphatic heterocycles. The maximum Gasteiger partial charge on any atom is 0.213 e. The number of hydrogen-bond acceptors (Lipinski definition) is 3. The summed E-state index contributed by atoms with van der Waals surface area (Å²) in [6, 6.07) is 2.64. The van der Waals surface area contributed by atoms with E-state index in [4.69, 9.17) is 11.5 Å². The third-order valence-electron chi connectivity index (χ3n) is 1.43. The molecular weight excluding hydrogens is 145 g/mol. The maximum absolute atomic E-state index is 12.5. The summed E-state index contributed by atoms with van der Waals surface area (Å²) in [4.78, 5) is 3.39. The lowest BCUT2D eigenvalue weighted by Crippen LogP contribution is -2.20. The van der Waals surface area contributed by atoms with Crippen LogP contribution in [-0.4, -0.2) is 11.5 Å². The SMILES string of the molecule is NCC(N)c1ccnc(F)c1. The van der Waals surface area contributed by atoms with E-state index >= 15 is 0 Å². The topological polar surface area (TPSA) is 64.9 Å². The van der Waals surface area contributed by atoms with Gasteiger partial charge in [-0.2, -0.15) is 4.39 Å². The molecule has 1 aromatic heterocycles. The first-order chi connectivity index (χ1) is 5.24. The van der Waals surface area contributed by atoms with Crippen molar-refractivity contribution < 1.29 is 4.39 Å². The summed E-state index contributed by atoms with van der Waals surface area (Å²) in [6.45, 7) is 0.309. The molecule has 0 aliphatic rings. The number of nitrogens with zero attached hydrogens (tertiary/aromatic N) is 1. The Balaban J connectivity index is 2.86. The van der Waals surface area contributed by atoms with E-state index in [1.807, 2.05) is 0 Å². The molecule has 0 saturated carbocycles. The van der Waals surface area contributed by atoms with Crippen molar-refractivity contribution in [3.05, 3.63) is 29.8 Å². The van der Waals surface area contributed by atoms with E-state index < -0.39 is 5.95 Å². The highest BCUT2D eigenvalue weighted by atomic mass is 19.1. The Labute approximate surface area is 64.2 Å². The van der Waals surface area contributed by atoms with E-state index in [0.29, 0.717) is 12.1 Å². The second-order valence-corrected chi connectivity index (χ2v) is 2.25. The first kappa shape index (κ1) is 8.10. The Kier molecular flexibility index (Phi) is 2.51. The molecule has 1 aromatic rings. The van der Waals surface area contributed by atoms with Crippen LogP contribution in [0.2, 0.25) is 0 Å². The van der Waals surface area contributed by atoms with Crippen molar-refractivity contribution in [3.8, 4) is 0 Å². The third kappa shape index (κ3) is 1.96. The van der Waals surface area contributed by atoms with Crippen LogP contribution in [0.15, 0.2) is 18.3 Å². The van der Waals surface area contributed by atoms with E-state index in [9.17, 15) is 4.39 Å². The van der Waals surface area contributed by atoms with Gasteiger partial charge >= 0.3 is 0 Å². The van der Waals surface area contributed by atoms with Gasteiger partial charge < -0.3 is 11.5 Å². The van der Waals surface area contributed by atoms with Crippen LogP contribution in [0.4, 0.5) is 4.39 Å². The van der Waals surface area contributed by atoms with E-state index in [-0.39, 0.29) is 6.04 Å². The molecule has 0 saturated heterocycles. The summed E-state index contributed by atoms with van der Waals surface area (Å²) in [5, 5.41) is 0. The van der Waals surface area contributed by atoms with Gasteiger partial charge in [-0.05, 0) is 17.7 Å². The van der Waals surface area contributed by atoms with Crippen LogP contribution in [0.25, 0.3) is 0 Å². The average Bonchev–Trinajstić information content (AvgIpc) is 2.03. The molecule has 1 rings (SSSR count). The zero-order chi connectivity index (χ0) is 8.27.